The smallest absolute Gasteiger partial charge is 0.0372 e. The Hall–Kier alpha value is -0.980. The van der Waals surface area contributed by atoms with Crippen LogP contribution in [0.3, 0.4) is 0 Å². The molecule has 0 saturated heterocycles. The first-order chi connectivity index (χ1) is 7.15. The fourth-order valence-corrected chi connectivity index (χ4v) is 1.30. The third-order valence-electron chi connectivity index (χ3n) is 2.08. The quantitative estimate of drug-likeness (QED) is 0.706. The Balaban J connectivity index is 0. The average molecular weight is 209 g/mol. The lowest BCUT2D eigenvalue weighted by Crippen LogP contribution is -1.94. The molecule has 0 spiro atoms. The normalized spacial score (nSPS) is 8.00. The van der Waals surface area contributed by atoms with Gasteiger partial charge in [-0.2, -0.15) is 0 Å². The van der Waals surface area contributed by atoms with E-state index in [-0.39, 0.29) is 0 Å². The molecule has 1 nitrogen and oxygen atoms in total. The number of benzene rings is 1. The summed E-state index contributed by atoms with van der Waals surface area (Å²) in [6.07, 6.45) is 0. The summed E-state index contributed by atoms with van der Waals surface area (Å²) in [6, 6.07) is 4.37. The van der Waals surface area contributed by atoms with Crippen LogP contribution < -0.4 is 5.32 Å². The summed E-state index contributed by atoms with van der Waals surface area (Å²) in [4.78, 5) is 0. The Labute approximate surface area is 95.9 Å². The van der Waals surface area contributed by atoms with Crippen molar-refractivity contribution in [2.24, 2.45) is 0 Å². The van der Waals surface area contributed by atoms with Crippen LogP contribution in [0, 0.1) is 20.8 Å². The van der Waals surface area contributed by atoms with Gasteiger partial charge in [-0.25, -0.2) is 0 Å². The molecule has 0 aliphatic carbocycles. The van der Waals surface area contributed by atoms with E-state index in [4.69, 9.17) is 0 Å². The molecule has 1 aromatic rings. The summed E-state index contributed by atoms with van der Waals surface area (Å²) < 4.78 is 0. The highest BCUT2D eigenvalue weighted by Gasteiger charge is 1.98. The summed E-state index contributed by atoms with van der Waals surface area (Å²) in [5.74, 6) is 0. The molecular weight excluding hydrogens is 182 g/mol. The van der Waals surface area contributed by atoms with Gasteiger partial charge in [-0.05, 0) is 43.5 Å². The predicted molar refractivity (Wildman–Crippen MR) is 72.9 cm³/mol. The summed E-state index contributed by atoms with van der Waals surface area (Å²) in [6.45, 7) is 14.4. The lowest BCUT2D eigenvalue weighted by atomic mass is 10.0. The predicted octanol–water partition coefficient (Wildman–Crippen LogP) is 4.71. The number of nitrogens with one attached hydrogen (secondary N) is 1. The molecule has 1 heteroatoms. The topological polar surface area (TPSA) is 12.0 Å². The molecule has 0 saturated carbocycles. The van der Waals surface area contributed by atoms with Crippen molar-refractivity contribution in [3.63, 3.8) is 0 Å². The fraction of sp³-hybridized carbons (Fsp3) is 0.571. The Morgan fingerprint density at radius 3 is 1.73 bits per heavy atom. The van der Waals surface area contributed by atoms with Crippen molar-refractivity contribution in [3.05, 3.63) is 28.8 Å². The van der Waals surface area contributed by atoms with Crippen molar-refractivity contribution in [3.8, 4) is 0 Å². The van der Waals surface area contributed by atoms with Crippen LogP contribution >= 0.6 is 0 Å². The first-order valence-electron chi connectivity index (χ1n) is 5.90. The summed E-state index contributed by atoms with van der Waals surface area (Å²) in [7, 11) is 1.96. The van der Waals surface area contributed by atoms with Crippen LogP contribution in [-0.4, -0.2) is 7.05 Å². The molecule has 0 heterocycles. The molecule has 0 amide bonds. The second-order valence-corrected chi connectivity index (χ2v) is 3.00. The van der Waals surface area contributed by atoms with Gasteiger partial charge in [0.25, 0.3) is 0 Å². The maximum Gasteiger partial charge on any atom is 0.0372 e. The van der Waals surface area contributed by atoms with Crippen LogP contribution in [0.2, 0.25) is 0 Å². The van der Waals surface area contributed by atoms with E-state index in [2.05, 4.69) is 38.2 Å². The van der Waals surface area contributed by atoms with Crippen LogP contribution in [-0.2, 0) is 0 Å². The zero-order chi connectivity index (χ0) is 12.4. The molecule has 0 unspecified atom stereocenters. The van der Waals surface area contributed by atoms with Crippen LogP contribution in [0.5, 0.6) is 0 Å². The highest BCUT2D eigenvalue weighted by Crippen LogP contribution is 2.19. The molecule has 1 rings (SSSR count). The maximum absolute atomic E-state index is 3.18. The monoisotopic (exact) mass is 209 g/mol. The molecule has 0 bridgehead atoms. The minimum Gasteiger partial charge on any atom is -0.388 e. The highest BCUT2D eigenvalue weighted by atomic mass is 14.8. The lowest BCUT2D eigenvalue weighted by Gasteiger charge is -2.08. The van der Waals surface area contributed by atoms with E-state index in [1.807, 2.05) is 34.7 Å². The molecule has 0 atom stereocenters. The van der Waals surface area contributed by atoms with E-state index in [0.29, 0.717) is 0 Å². The van der Waals surface area contributed by atoms with Gasteiger partial charge in [0.15, 0.2) is 0 Å². The number of hydrogen-bond acceptors (Lipinski definition) is 1. The van der Waals surface area contributed by atoms with Crippen molar-refractivity contribution in [1.29, 1.82) is 0 Å². The van der Waals surface area contributed by atoms with Crippen molar-refractivity contribution in [1.82, 2.24) is 0 Å². The number of anilines is 1. The molecule has 0 aliphatic rings. The first kappa shape index (κ1) is 16.4. The molecule has 88 valence electrons. The lowest BCUT2D eigenvalue weighted by molar-refractivity contribution is 1.28. The summed E-state index contributed by atoms with van der Waals surface area (Å²) in [5, 5.41) is 3.18. The molecule has 0 aromatic heterocycles. The molecular formula is C14H27N. The fourth-order valence-electron chi connectivity index (χ4n) is 1.30. The molecule has 1 aromatic carbocycles. The summed E-state index contributed by atoms with van der Waals surface area (Å²) >= 11 is 0. The standard InChI is InChI=1S/C10H15N.2C2H6/c1-7-5-8(2)9(3)10(6-7)11-4;2*1-2/h5-6,11H,1-4H3;2*1-2H3. The third kappa shape index (κ3) is 5.46. The number of rotatable bonds is 1. The van der Waals surface area contributed by atoms with Gasteiger partial charge in [-0.3, -0.25) is 0 Å². The number of hydrogen-bond donors (Lipinski definition) is 1. The van der Waals surface area contributed by atoms with Gasteiger partial charge >= 0.3 is 0 Å². The second-order valence-electron chi connectivity index (χ2n) is 3.00. The Kier molecular flexibility index (Phi) is 10.5. The number of aryl methyl sites for hydroxylation is 2. The zero-order valence-electron chi connectivity index (χ0n) is 11.7. The van der Waals surface area contributed by atoms with Crippen molar-refractivity contribution in [2.75, 3.05) is 12.4 Å². The van der Waals surface area contributed by atoms with Crippen molar-refractivity contribution >= 4 is 5.69 Å². The van der Waals surface area contributed by atoms with Gasteiger partial charge in [-0.15, -0.1) is 0 Å². The molecule has 1 N–H and O–H groups in total. The molecule has 15 heavy (non-hydrogen) atoms. The van der Waals surface area contributed by atoms with Crippen LogP contribution in [0.1, 0.15) is 44.4 Å². The minimum absolute atomic E-state index is 1.24. The largest absolute Gasteiger partial charge is 0.388 e. The Bertz CT molecular complexity index is 264. The first-order valence-corrected chi connectivity index (χ1v) is 5.90. The maximum atomic E-state index is 3.18. The van der Waals surface area contributed by atoms with E-state index in [9.17, 15) is 0 Å². The Morgan fingerprint density at radius 2 is 1.33 bits per heavy atom. The van der Waals surface area contributed by atoms with Crippen LogP contribution in [0.4, 0.5) is 5.69 Å². The van der Waals surface area contributed by atoms with Gasteiger partial charge < -0.3 is 5.32 Å². The van der Waals surface area contributed by atoms with Gasteiger partial charge in [0.1, 0.15) is 0 Å². The third-order valence-corrected chi connectivity index (χ3v) is 2.08. The Morgan fingerprint density at radius 1 is 0.867 bits per heavy atom. The molecule has 0 radical (unpaired) electrons. The second kappa shape index (κ2) is 9.57. The van der Waals surface area contributed by atoms with E-state index in [1.54, 1.807) is 0 Å². The summed E-state index contributed by atoms with van der Waals surface area (Å²) in [5.41, 5.74) is 5.26. The van der Waals surface area contributed by atoms with Crippen LogP contribution in [0.15, 0.2) is 12.1 Å². The van der Waals surface area contributed by atoms with Gasteiger partial charge in [0, 0.05) is 12.7 Å². The van der Waals surface area contributed by atoms with Crippen molar-refractivity contribution in [2.45, 2.75) is 48.5 Å². The zero-order valence-corrected chi connectivity index (χ0v) is 11.7. The van der Waals surface area contributed by atoms with Crippen molar-refractivity contribution < 1.29 is 0 Å². The van der Waals surface area contributed by atoms with Crippen LogP contribution in [0.25, 0.3) is 0 Å². The van der Waals surface area contributed by atoms with E-state index >= 15 is 0 Å². The van der Waals surface area contributed by atoms with Gasteiger partial charge in [0.05, 0.1) is 0 Å². The molecule has 0 aliphatic heterocycles. The van der Waals surface area contributed by atoms with E-state index in [0.717, 1.165) is 0 Å². The highest BCUT2D eigenvalue weighted by molar-refractivity contribution is 5.55. The van der Waals surface area contributed by atoms with E-state index < -0.39 is 0 Å². The van der Waals surface area contributed by atoms with E-state index in [1.165, 1.54) is 22.4 Å². The molecule has 0 fully saturated rings. The average Bonchev–Trinajstić information content (AvgIpc) is 2.29. The SMILES string of the molecule is CC.CC.CNc1cc(C)cc(C)c1C. The van der Waals surface area contributed by atoms with Gasteiger partial charge in [0.2, 0.25) is 0 Å². The minimum atomic E-state index is 1.24. The van der Waals surface area contributed by atoms with Gasteiger partial charge in [-0.1, -0.05) is 33.8 Å².